The molecule has 84 valence electrons. The molecule has 2 N–H and O–H groups in total. The van der Waals surface area contributed by atoms with Crippen LogP contribution in [0.1, 0.15) is 17.0 Å². The summed E-state index contributed by atoms with van der Waals surface area (Å²) in [5, 5.41) is 4.25. The van der Waals surface area contributed by atoms with Crippen LogP contribution in [0.4, 0.5) is 5.69 Å². The molecule has 0 aliphatic rings. The van der Waals surface area contributed by atoms with E-state index in [4.69, 9.17) is 5.73 Å². The van der Waals surface area contributed by atoms with E-state index in [1.165, 1.54) is 11.1 Å². The number of anilines is 1. The lowest BCUT2D eigenvalue weighted by molar-refractivity contribution is 0.763. The molecule has 0 unspecified atom stereocenters. The molecule has 0 radical (unpaired) electrons. The monoisotopic (exact) mass is 216 g/mol. The van der Waals surface area contributed by atoms with Crippen LogP contribution in [0.25, 0.3) is 11.4 Å². The van der Waals surface area contributed by atoms with Crippen molar-refractivity contribution >= 4 is 5.69 Å². The molecular formula is C12H16N4. The molecular weight excluding hydrogens is 200 g/mol. The minimum atomic E-state index is 0.763. The summed E-state index contributed by atoms with van der Waals surface area (Å²) in [6.45, 7) is 6.02. The first-order valence-electron chi connectivity index (χ1n) is 5.24. The number of nitrogens with two attached hydrogens (primary N) is 1. The molecule has 0 aliphatic heterocycles. The molecule has 0 bridgehead atoms. The van der Waals surface area contributed by atoms with Gasteiger partial charge in [-0.05, 0) is 44.0 Å². The minimum absolute atomic E-state index is 0.763. The fourth-order valence-electron chi connectivity index (χ4n) is 1.87. The predicted molar refractivity (Wildman–Crippen MR) is 65.1 cm³/mol. The van der Waals surface area contributed by atoms with Gasteiger partial charge in [-0.15, -0.1) is 0 Å². The van der Waals surface area contributed by atoms with E-state index in [9.17, 15) is 0 Å². The third-order valence-corrected chi connectivity index (χ3v) is 2.80. The number of hydrogen-bond acceptors (Lipinski definition) is 3. The van der Waals surface area contributed by atoms with Crippen LogP contribution in [-0.4, -0.2) is 14.8 Å². The number of benzene rings is 1. The zero-order valence-corrected chi connectivity index (χ0v) is 10.1. The number of rotatable bonds is 1. The van der Waals surface area contributed by atoms with E-state index in [-0.39, 0.29) is 0 Å². The Morgan fingerprint density at radius 2 is 1.88 bits per heavy atom. The molecule has 0 aliphatic carbocycles. The fourth-order valence-corrected chi connectivity index (χ4v) is 1.87. The minimum Gasteiger partial charge on any atom is -0.399 e. The number of aryl methyl sites for hydroxylation is 3. The van der Waals surface area contributed by atoms with Crippen LogP contribution in [0.5, 0.6) is 0 Å². The van der Waals surface area contributed by atoms with Crippen LogP contribution in [0.15, 0.2) is 12.1 Å². The summed E-state index contributed by atoms with van der Waals surface area (Å²) in [6, 6.07) is 3.92. The Kier molecular flexibility index (Phi) is 2.42. The van der Waals surface area contributed by atoms with Gasteiger partial charge in [0.1, 0.15) is 5.82 Å². The Balaban J connectivity index is 2.68. The molecule has 0 saturated carbocycles. The molecule has 4 nitrogen and oxygen atoms in total. The van der Waals surface area contributed by atoms with Crippen molar-refractivity contribution in [3.05, 3.63) is 29.1 Å². The van der Waals surface area contributed by atoms with Crippen molar-refractivity contribution in [2.24, 2.45) is 7.05 Å². The number of hydrogen-bond donors (Lipinski definition) is 1. The summed E-state index contributed by atoms with van der Waals surface area (Å²) < 4.78 is 1.79. The van der Waals surface area contributed by atoms with E-state index in [0.29, 0.717) is 0 Å². The number of aromatic nitrogens is 3. The third kappa shape index (κ3) is 1.66. The molecule has 0 atom stereocenters. The first-order chi connectivity index (χ1) is 7.49. The van der Waals surface area contributed by atoms with E-state index in [2.05, 4.69) is 23.9 Å². The van der Waals surface area contributed by atoms with Gasteiger partial charge in [0.2, 0.25) is 0 Å². The fraction of sp³-hybridized carbons (Fsp3) is 0.333. The largest absolute Gasteiger partial charge is 0.399 e. The Morgan fingerprint density at radius 1 is 1.19 bits per heavy atom. The molecule has 1 aromatic heterocycles. The maximum atomic E-state index is 5.87. The Morgan fingerprint density at radius 3 is 2.44 bits per heavy atom. The molecule has 0 saturated heterocycles. The predicted octanol–water partition coefficient (Wildman–Crippen LogP) is 1.99. The zero-order valence-electron chi connectivity index (χ0n) is 10.1. The highest BCUT2D eigenvalue weighted by atomic mass is 15.3. The van der Waals surface area contributed by atoms with Gasteiger partial charge in [-0.3, -0.25) is 0 Å². The number of nitrogen functional groups attached to an aromatic ring is 1. The van der Waals surface area contributed by atoms with Gasteiger partial charge in [0.25, 0.3) is 0 Å². The molecule has 2 rings (SSSR count). The highest BCUT2D eigenvalue weighted by Gasteiger charge is 2.11. The molecule has 0 fully saturated rings. The van der Waals surface area contributed by atoms with Crippen molar-refractivity contribution in [3.63, 3.8) is 0 Å². The van der Waals surface area contributed by atoms with Gasteiger partial charge >= 0.3 is 0 Å². The average molecular weight is 216 g/mol. The van der Waals surface area contributed by atoms with E-state index < -0.39 is 0 Å². The maximum Gasteiger partial charge on any atom is 0.158 e. The van der Waals surface area contributed by atoms with Crippen LogP contribution in [0.3, 0.4) is 0 Å². The van der Waals surface area contributed by atoms with Gasteiger partial charge in [0.05, 0.1) is 0 Å². The quantitative estimate of drug-likeness (QED) is 0.742. The molecule has 16 heavy (non-hydrogen) atoms. The standard InChI is InChI=1S/C12H16N4/c1-7-5-10(13)6-11(8(7)2)12-14-9(3)15-16(12)4/h5-6H,13H2,1-4H3. The highest BCUT2D eigenvalue weighted by molar-refractivity contribution is 5.67. The van der Waals surface area contributed by atoms with Crippen LogP contribution in [0, 0.1) is 20.8 Å². The van der Waals surface area contributed by atoms with Crippen molar-refractivity contribution in [2.75, 3.05) is 5.73 Å². The van der Waals surface area contributed by atoms with Crippen molar-refractivity contribution in [1.82, 2.24) is 14.8 Å². The second kappa shape index (κ2) is 3.63. The lowest BCUT2D eigenvalue weighted by Crippen LogP contribution is -1.99. The van der Waals surface area contributed by atoms with Crippen molar-refractivity contribution in [1.29, 1.82) is 0 Å². The van der Waals surface area contributed by atoms with E-state index >= 15 is 0 Å². The zero-order chi connectivity index (χ0) is 11.9. The van der Waals surface area contributed by atoms with Crippen LogP contribution < -0.4 is 5.73 Å². The molecule has 1 heterocycles. The summed E-state index contributed by atoms with van der Waals surface area (Å²) >= 11 is 0. The first kappa shape index (κ1) is 10.7. The first-order valence-corrected chi connectivity index (χ1v) is 5.24. The average Bonchev–Trinajstić information content (AvgIpc) is 2.51. The number of nitrogens with zero attached hydrogens (tertiary/aromatic N) is 3. The molecule has 4 heteroatoms. The topological polar surface area (TPSA) is 56.7 Å². The van der Waals surface area contributed by atoms with Gasteiger partial charge in [-0.2, -0.15) is 5.10 Å². The van der Waals surface area contributed by atoms with Gasteiger partial charge in [0, 0.05) is 18.3 Å². The molecule has 0 spiro atoms. The second-order valence-corrected chi connectivity index (χ2v) is 4.12. The SMILES string of the molecule is Cc1nc(-c2cc(N)cc(C)c2C)n(C)n1. The second-order valence-electron chi connectivity index (χ2n) is 4.12. The van der Waals surface area contributed by atoms with Gasteiger partial charge in [-0.1, -0.05) is 0 Å². The van der Waals surface area contributed by atoms with Crippen molar-refractivity contribution in [2.45, 2.75) is 20.8 Å². The van der Waals surface area contributed by atoms with E-state index in [1.807, 2.05) is 26.1 Å². The third-order valence-electron chi connectivity index (χ3n) is 2.80. The van der Waals surface area contributed by atoms with Gasteiger partial charge < -0.3 is 5.73 Å². The summed E-state index contributed by atoms with van der Waals surface area (Å²) in [7, 11) is 1.90. The van der Waals surface area contributed by atoms with Gasteiger partial charge in [-0.25, -0.2) is 9.67 Å². The maximum absolute atomic E-state index is 5.87. The van der Waals surface area contributed by atoms with Crippen molar-refractivity contribution < 1.29 is 0 Å². The molecule has 1 aromatic carbocycles. The van der Waals surface area contributed by atoms with Crippen LogP contribution >= 0.6 is 0 Å². The van der Waals surface area contributed by atoms with Crippen LogP contribution in [0.2, 0.25) is 0 Å². The van der Waals surface area contributed by atoms with E-state index in [1.54, 1.807) is 4.68 Å². The summed E-state index contributed by atoms with van der Waals surface area (Å²) in [5.41, 5.74) is 10.1. The van der Waals surface area contributed by atoms with Crippen LogP contribution in [-0.2, 0) is 7.05 Å². The summed E-state index contributed by atoms with van der Waals surface area (Å²) in [6.07, 6.45) is 0. The normalized spacial score (nSPS) is 10.8. The molecule has 2 aromatic rings. The highest BCUT2D eigenvalue weighted by Crippen LogP contribution is 2.26. The lowest BCUT2D eigenvalue weighted by atomic mass is 10.0. The Hall–Kier alpha value is -1.84. The Bertz CT molecular complexity index is 540. The lowest BCUT2D eigenvalue weighted by Gasteiger charge is -2.09. The summed E-state index contributed by atoms with van der Waals surface area (Å²) in [5.74, 6) is 1.64. The smallest absolute Gasteiger partial charge is 0.158 e. The van der Waals surface area contributed by atoms with Crippen molar-refractivity contribution in [3.8, 4) is 11.4 Å². The molecule has 0 amide bonds. The summed E-state index contributed by atoms with van der Waals surface area (Å²) in [4.78, 5) is 4.42. The Labute approximate surface area is 95.1 Å². The van der Waals surface area contributed by atoms with E-state index in [0.717, 1.165) is 22.9 Å². The van der Waals surface area contributed by atoms with Gasteiger partial charge in [0.15, 0.2) is 5.82 Å².